The second-order valence-electron chi connectivity index (χ2n) is 7.66. The Bertz CT molecular complexity index is 890. The van der Waals surface area contributed by atoms with Crippen molar-refractivity contribution < 1.29 is 19.5 Å². The highest BCUT2D eigenvalue weighted by molar-refractivity contribution is 5.95. The van der Waals surface area contributed by atoms with Crippen molar-refractivity contribution in [2.24, 2.45) is 5.92 Å². The highest BCUT2D eigenvalue weighted by atomic mass is 16.4. The van der Waals surface area contributed by atoms with Gasteiger partial charge in [-0.15, -0.1) is 0 Å². The molecule has 0 spiro atoms. The summed E-state index contributed by atoms with van der Waals surface area (Å²) in [6, 6.07) is 13.2. The van der Waals surface area contributed by atoms with Gasteiger partial charge in [0, 0.05) is 18.7 Å². The molecule has 0 saturated carbocycles. The quantitative estimate of drug-likeness (QED) is 0.816. The Kier molecular flexibility index (Phi) is 6.32. The van der Waals surface area contributed by atoms with Gasteiger partial charge < -0.3 is 15.3 Å². The van der Waals surface area contributed by atoms with Gasteiger partial charge in [0.25, 0.3) is 5.91 Å². The van der Waals surface area contributed by atoms with Crippen molar-refractivity contribution in [2.45, 2.75) is 32.7 Å². The van der Waals surface area contributed by atoms with E-state index < -0.39 is 17.9 Å². The van der Waals surface area contributed by atoms with E-state index in [1.54, 1.807) is 35.2 Å². The Balaban J connectivity index is 1.70. The third-order valence-corrected chi connectivity index (χ3v) is 5.21. The Hall–Kier alpha value is -3.15. The van der Waals surface area contributed by atoms with Crippen LogP contribution in [0.15, 0.2) is 48.5 Å². The first-order chi connectivity index (χ1) is 13.8. The molecule has 29 heavy (non-hydrogen) atoms. The van der Waals surface area contributed by atoms with Crippen LogP contribution < -0.4 is 5.32 Å². The van der Waals surface area contributed by atoms with Crippen LogP contribution in [0.2, 0.25) is 0 Å². The van der Waals surface area contributed by atoms with Crippen molar-refractivity contribution in [3.8, 4) is 0 Å². The van der Waals surface area contributed by atoms with Crippen LogP contribution in [0, 0.1) is 19.8 Å². The molecule has 0 bridgehead atoms. The summed E-state index contributed by atoms with van der Waals surface area (Å²) < 4.78 is 0. The molecule has 6 nitrogen and oxygen atoms in total. The lowest BCUT2D eigenvalue weighted by Crippen LogP contribution is -2.47. The monoisotopic (exact) mass is 394 g/mol. The second kappa shape index (κ2) is 8.90. The zero-order chi connectivity index (χ0) is 21.0. The average Bonchev–Trinajstić information content (AvgIpc) is 2.71. The fourth-order valence-electron chi connectivity index (χ4n) is 3.85. The summed E-state index contributed by atoms with van der Waals surface area (Å²) in [5.41, 5.74) is 3.18. The summed E-state index contributed by atoms with van der Waals surface area (Å²) in [5.74, 6) is -1.96. The molecule has 3 rings (SSSR count). The number of amides is 2. The van der Waals surface area contributed by atoms with Gasteiger partial charge in [0.2, 0.25) is 5.91 Å². The van der Waals surface area contributed by atoms with E-state index in [2.05, 4.69) is 5.32 Å². The molecule has 1 aliphatic rings. The summed E-state index contributed by atoms with van der Waals surface area (Å²) in [7, 11) is 0. The number of likely N-dealkylation sites (tertiary alicyclic amines) is 1. The Labute approximate surface area is 170 Å². The number of aliphatic carboxylic acids is 1. The van der Waals surface area contributed by atoms with E-state index >= 15 is 0 Å². The number of piperidine rings is 1. The minimum absolute atomic E-state index is 0.0906. The third kappa shape index (κ3) is 5.02. The predicted molar refractivity (Wildman–Crippen MR) is 110 cm³/mol. The van der Waals surface area contributed by atoms with E-state index in [4.69, 9.17) is 0 Å². The molecule has 2 aromatic carbocycles. The highest BCUT2D eigenvalue weighted by Crippen LogP contribution is 2.22. The van der Waals surface area contributed by atoms with Gasteiger partial charge in [0.1, 0.15) is 0 Å². The molecule has 1 aliphatic heterocycles. The van der Waals surface area contributed by atoms with Crippen LogP contribution in [-0.2, 0) is 9.59 Å². The number of aryl methyl sites for hydroxylation is 2. The number of hydrogen-bond acceptors (Lipinski definition) is 3. The van der Waals surface area contributed by atoms with E-state index in [1.807, 2.05) is 32.0 Å². The van der Waals surface area contributed by atoms with Crippen molar-refractivity contribution in [3.05, 3.63) is 70.8 Å². The molecular weight excluding hydrogens is 368 g/mol. The van der Waals surface area contributed by atoms with Gasteiger partial charge in [-0.25, -0.2) is 4.79 Å². The standard InChI is InChI=1S/C23H26N2O4/c1-15-11-16(2)13-19(12-15)22(27)25-10-6-9-18(14-25)21(26)24-20(23(28)29)17-7-4-3-5-8-17/h3-5,7-8,11-13,18,20H,6,9-10,14H2,1-2H3,(H,24,26)(H,28,29)/t18?,20-/m1/s1. The normalized spacial score (nSPS) is 17.4. The molecule has 2 atom stereocenters. The molecule has 1 fully saturated rings. The first-order valence-electron chi connectivity index (χ1n) is 9.81. The van der Waals surface area contributed by atoms with Gasteiger partial charge in [-0.1, -0.05) is 47.5 Å². The number of carbonyl (C=O) groups excluding carboxylic acids is 2. The van der Waals surface area contributed by atoms with Crippen LogP contribution in [0.1, 0.15) is 45.9 Å². The average molecular weight is 394 g/mol. The molecular formula is C23H26N2O4. The predicted octanol–water partition coefficient (Wildman–Crippen LogP) is 3.10. The minimum atomic E-state index is -1.11. The van der Waals surface area contributed by atoms with Crippen LogP contribution in [0.3, 0.4) is 0 Å². The number of nitrogens with one attached hydrogen (secondary N) is 1. The minimum Gasteiger partial charge on any atom is -0.479 e. The van der Waals surface area contributed by atoms with Crippen LogP contribution >= 0.6 is 0 Å². The molecule has 1 unspecified atom stereocenters. The van der Waals surface area contributed by atoms with Crippen molar-refractivity contribution >= 4 is 17.8 Å². The summed E-state index contributed by atoms with van der Waals surface area (Å²) in [6.45, 7) is 4.78. The summed E-state index contributed by atoms with van der Waals surface area (Å²) >= 11 is 0. The Morgan fingerprint density at radius 1 is 1.07 bits per heavy atom. The molecule has 1 heterocycles. The topological polar surface area (TPSA) is 86.7 Å². The molecule has 2 amide bonds. The number of carboxylic acids is 1. The van der Waals surface area contributed by atoms with Gasteiger partial charge in [-0.3, -0.25) is 9.59 Å². The molecule has 2 aromatic rings. The summed E-state index contributed by atoms with van der Waals surface area (Å²) in [4.78, 5) is 39.1. The van der Waals surface area contributed by atoms with Crippen LogP contribution in [0.4, 0.5) is 0 Å². The highest BCUT2D eigenvalue weighted by Gasteiger charge is 2.31. The van der Waals surface area contributed by atoms with E-state index in [9.17, 15) is 19.5 Å². The van der Waals surface area contributed by atoms with E-state index in [0.29, 0.717) is 37.1 Å². The van der Waals surface area contributed by atoms with Crippen molar-refractivity contribution in [3.63, 3.8) is 0 Å². The Morgan fingerprint density at radius 2 is 1.72 bits per heavy atom. The Morgan fingerprint density at radius 3 is 2.34 bits per heavy atom. The summed E-state index contributed by atoms with van der Waals surface area (Å²) in [6.07, 6.45) is 1.33. The van der Waals surface area contributed by atoms with Crippen molar-refractivity contribution in [2.75, 3.05) is 13.1 Å². The molecule has 0 aromatic heterocycles. The van der Waals surface area contributed by atoms with E-state index in [0.717, 1.165) is 11.1 Å². The van der Waals surface area contributed by atoms with Gasteiger partial charge in [0.15, 0.2) is 6.04 Å². The SMILES string of the molecule is Cc1cc(C)cc(C(=O)N2CCCC(C(=O)N[C@@H](C(=O)O)c3ccccc3)C2)c1. The molecule has 1 saturated heterocycles. The zero-order valence-corrected chi connectivity index (χ0v) is 16.7. The van der Waals surface area contributed by atoms with Crippen LogP contribution in [0.5, 0.6) is 0 Å². The summed E-state index contributed by atoms with van der Waals surface area (Å²) in [5, 5.41) is 12.2. The molecule has 0 radical (unpaired) electrons. The largest absolute Gasteiger partial charge is 0.479 e. The van der Waals surface area contributed by atoms with E-state index in [-0.39, 0.29) is 11.8 Å². The van der Waals surface area contributed by atoms with Gasteiger partial charge >= 0.3 is 5.97 Å². The van der Waals surface area contributed by atoms with Gasteiger partial charge in [-0.05, 0) is 44.4 Å². The number of nitrogens with zero attached hydrogens (tertiary/aromatic N) is 1. The van der Waals surface area contributed by atoms with Crippen LogP contribution in [0.25, 0.3) is 0 Å². The first kappa shape index (κ1) is 20.6. The number of carbonyl (C=O) groups is 3. The first-order valence-corrected chi connectivity index (χ1v) is 9.81. The molecule has 2 N–H and O–H groups in total. The molecule has 0 aliphatic carbocycles. The van der Waals surface area contributed by atoms with E-state index in [1.165, 1.54) is 0 Å². The zero-order valence-electron chi connectivity index (χ0n) is 16.7. The van der Waals surface area contributed by atoms with Crippen molar-refractivity contribution in [1.82, 2.24) is 10.2 Å². The molecule has 152 valence electrons. The lowest BCUT2D eigenvalue weighted by Gasteiger charge is -2.33. The van der Waals surface area contributed by atoms with Gasteiger partial charge in [0.05, 0.1) is 5.92 Å². The second-order valence-corrected chi connectivity index (χ2v) is 7.66. The maximum atomic E-state index is 12.9. The number of hydrogen-bond donors (Lipinski definition) is 2. The maximum absolute atomic E-state index is 12.9. The van der Waals surface area contributed by atoms with Crippen LogP contribution in [-0.4, -0.2) is 40.9 Å². The molecule has 6 heteroatoms. The third-order valence-electron chi connectivity index (χ3n) is 5.21. The number of benzene rings is 2. The number of carboxylic acid groups (broad SMARTS) is 1. The lowest BCUT2D eigenvalue weighted by atomic mass is 9.95. The van der Waals surface area contributed by atoms with Crippen molar-refractivity contribution in [1.29, 1.82) is 0 Å². The number of rotatable bonds is 5. The maximum Gasteiger partial charge on any atom is 0.330 e. The fourth-order valence-corrected chi connectivity index (χ4v) is 3.85. The van der Waals surface area contributed by atoms with Gasteiger partial charge in [-0.2, -0.15) is 0 Å². The fraction of sp³-hybridized carbons (Fsp3) is 0.348. The smallest absolute Gasteiger partial charge is 0.330 e. The lowest BCUT2D eigenvalue weighted by molar-refractivity contribution is -0.143.